The van der Waals surface area contributed by atoms with Gasteiger partial charge in [0.15, 0.2) is 0 Å². The number of benzene rings is 3. The number of rotatable bonds is 5. The Bertz CT molecular complexity index is 1820. The molecule has 7 nitrogen and oxygen atoms in total. The van der Waals surface area contributed by atoms with Gasteiger partial charge < -0.3 is 4.90 Å². The smallest absolute Gasteiger partial charge is 0.268 e. The van der Waals surface area contributed by atoms with E-state index in [9.17, 15) is 21.2 Å². The second kappa shape index (κ2) is 9.43. The van der Waals surface area contributed by atoms with E-state index >= 15 is 0 Å². The van der Waals surface area contributed by atoms with Crippen molar-refractivity contribution in [2.24, 2.45) is 0 Å². The molecule has 1 fully saturated rings. The van der Waals surface area contributed by atoms with Crippen LogP contribution in [0, 0.1) is 5.82 Å². The number of halogens is 1. The number of nitrogens with zero attached hydrogens (tertiary/aromatic N) is 3. The first-order chi connectivity index (χ1) is 18.9. The topological polar surface area (TPSA) is 79.7 Å². The predicted molar refractivity (Wildman–Crippen MR) is 154 cm³/mol. The fourth-order valence-electron chi connectivity index (χ4n) is 6.61. The van der Waals surface area contributed by atoms with Crippen LogP contribution in [0.5, 0.6) is 0 Å². The van der Waals surface area contributed by atoms with E-state index in [-0.39, 0.29) is 26.9 Å². The number of hydrogen-bond acceptors (Lipinski definition) is 5. The van der Waals surface area contributed by atoms with Crippen molar-refractivity contribution in [1.82, 2.24) is 8.28 Å². The Kier molecular flexibility index (Phi) is 6.36. The summed E-state index contributed by atoms with van der Waals surface area (Å²) in [6.07, 6.45) is 5.42. The Labute approximate surface area is 234 Å². The van der Waals surface area contributed by atoms with E-state index < -0.39 is 20.0 Å². The molecule has 0 radical (unpaired) electrons. The lowest BCUT2D eigenvalue weighted by Gasteiger charge is -2.38. The average Bonchev–Trinajstić information content (AvgIpc) is 3.45. The summed E-state index contributed by atoms with van der Waals surface area (Å²) in [7, 11) is -2.76. The second-order valence-electron chi connectivity index (χ2n) is 11.2. The van der Waals surface area contributed by atoms with Gasteiger partial charge in [-0.25, -0.2) is 29.5 Å². The molecular formula is C30H32FN3O4S2. The molecule has 210 valence electrons. The van der Waals surface area contributed by atoms with E-state index in [0.717, 1.165) is 53.2 Å². The van der Waals surface area contributed by atoms with Crippen molar-refractivity contribution in [3.63, 3.8) is 0 Å². The Hall–Kier alpha value is -3.21. The van der Waals surface area contributed by atoms with Crippen LogP contribution in [0.1, 0.15) is 42.7 Å². The number of aromatic nitrogens is 1. The summed E-state index contributed by atoms with van der Waals surface area (Å²) in [6, 6.07) is 18.0. The maximum absolute atomic E-state index is 13.9. The minimum absolute atomic E-state index is 0.0205. The Morgan fingerprint density at radius 3 is 2.23 bits per heavy atom. The van der Waals surface area contributed by atoms with Gasteiger partial charge in [0, 0.05) is 50.4 Å². The molecule has 1 saturated carbocycles. The van der Waals surface area contributed by atoms with Crippen LogP contribution < -0.4 is 4.90 Å². The lowest BCUT2D eigenvalue weighted by Crippen LogP contribution is -2.35. The molecule has 0 N–H and O–H groups in total. The lowest BCUT2D eigenvalue weighted by atomic mass is 9.66. The van der Waals surface area contributed by atoms with Crippen LogP contribution >= 0.6 is 0 Å². The van der Waals surface area contributed by atoms with Crippen LogP contribution in [0.4, 0.5) is 10.1 Å². The van der Waals surface area contributed by atoms with E-state index in [1.54, 1.807) is 18.3 Å². The van der Waals surface area contributed by atoms with Crippen molar-refractivity contribution >= 4 is 36.6 Å². The predicted octanol–water partition coefficient (Wildman–Crippen LogP) is 5.31. The van der Waals surface area contributed by atoms with Crippen molar-refractivity contribution in [3.8, 4) is 0 Å². The highest BCUT2D eigenvalue weighted by Crippen LogP contribution is 2.52. The maximum atomic E-state index is 13.9. The molecular weight excluding hydrogens is 549 g/mol. The van der Waals surface area contributed by atoms with Crippen molar-refractivity contribution < 1.29 is 21.2 Å². The quantitative estimate of drug-likeness (QED) is 0.319. The summed E-state index contributed by atoms with van der Waals surface area (Å²) >= 11 is 0. The summed E-state index contributed by atoms with van der Waals surface area (Å²) < 4.78 is 68.9. The van der Waals surface area contributed by atoms with Crippen LogP contribution in [0.25, 0.3) is 10.9 Å². The molecule has 0 amide bonds. The summed E-state index contributed by atoms with van der Waals surface area (Å²) in [5.74, 6) is -0.0336. The minimum atomic E-state index is -3.97. The average molecular weight is 582 g/mol. The van der Waals surface area contributed by atoms with Crippen LogP contribution in [-0.2, 0) is 25.5 Å². The molecule has 6 rings (SSSR count). The SMILES string of the molecule is CN1CC2(CCC(c3cn(S(=O)(=O)c4ccc(S(=O)(=O)N(C)C)cc4)c4ccccc34)CC2)c2ccc(F)cc21. The van der Waals surface area contributed by atoms with Gasteiger partial charge in [-0.1, -0.05) is 24.3 Å². The first-order valence-electron chi connectivity index (χ1n) is 13.3. The van der Waals surface area contributed by atoms with Gasteiger partial charge in [-0.2, -0.15) is 0 Å². The third-order valence-corrected chi connectivity index (χ3v) is 12.2. The molecule has 40 heavy (non-hydrogen) atoms. The zero-order valence-corrected chi connectivity index (χ0v) is 24.3. The zero-order chi connectivity index (χ0) is 28.4. The van der Waals surface area contributed by atoms with Crippen molar-refractivity contribution in [3.05, 3.63) is 89.9 Å². The Balaban J connectivity index is 1.33. The summed E-state index contributed by atoms with van der Waals surface area (Å²) in [5, 5.41) is 0.907. The lowest BCUT2D eigenvalue weighted by molar-refractivity contribution is 0.287. The highest BCUT2D eigenvalue weighted by atomic mass is 32.2. The molecule has 3 aromatic carbocycles. The first-order valence-corrected chi connectivity index (χ1v) is 16.2. The van der Waals surface area contributed by atoms with Gasteiger partial charge in [-0.15, -0.1) is 0 Å². The molecule has 1 aliphatic carbocycles. The fraction of sp³-hybridized carbons (Fsp3) is 0.333. The van der Waals surface area contributed by atoms with E-state index in [4.69, 9.17) is 0 Å². The van der Waals surface area contributed by atoms with E-state index in [1.165, 1.54) is 47.9 Å². The minimum Gasteiger partial charge on any atom is -0.373 e. The molecule has 10 heteroatoms. The highest BCUT2D eigenvalue weighted by Gasteiger charge is 2.44. The number of hydrogen-bond donors (Lipinski definition) is 0. The van der Waals surface area contributed by atoms with Gasteiger partial charge in [0.05, 0.1) is 15.3 Å². The van der Waals surface area contributed by atoms with Crippen molar-refractivity contribution in [1.29, 1.82) is 0 Å². The summed E-state index contributed by atoms with van der Waals surface area (Å²) in [4.78, 5) is 2.21. The van der Waals surface area contributed by atoms with Crippen LogP contribution in [0.15, 0.2) is 82.7 Å². The van der Waals surface area contributed by atoms with Gasteiger partial charge in [-0.05, 0) is 85.2 Å². The first kappa shape index (κ1) is 27.0. The molecule has 0 atom stereocenters. The van der Waals surface area contributed by atoms with E-state index in [1.807, 2.05) is 37.4 Å². The molecule has 2 aliphatic rings. The molecule has 1 spiro atoms. The third-order valence-electron chi connectivity index (χ3n) is 8.73. The maximum Gasteiger partial charge on any atom is 0.268 e. The Morgan fingerprint density at radius 1 is 0.900 bits per heavy atom. The van der Waals surface area contributed by atoms with Gasteiger partial charge in [0.2, 0.25) is 10.0 Å². The van der Waals surface area contributed by atoms with Gasteiger partial charge in [0.25, 0.3) is 10.0 Å². The summed E-state index contributed by atoms with van der Waals surface area (Å²) in [6.45, 7) is 0.855. The van der Waals surface area contributed by atoms with Crippen LogP contribution in [0.3, 0.4) is 0 Å². The second-order valence-corrected chi connectivity index (χ2v) is 15.2. The van der Waals surface area contributed by atoms with Crippen molar-refractivity contribution in [2.45, 2.75) is 46.8 Å². The van der Waals surface area contributed by atoms with E-state index in [0.29, 0.717) is 5.52 Å². The number of para-hydroxylation sites is 1. The number of likely N-dealkylation sites (N-methyl/N-ethyl adjacent to an activating group) is 1. The van der Waals surface area contributed by atoms with Crippen molar-refractivity contribution in [2.75, 3.05) is 32.6 Å². The number of sulfonamides is 1. The molecule has 0 bridgehead atoms. The van der Waals surface area contributed by atoms with Crippen LogP contribution in [-0.4, -0.2) is 52.8 Å². The molecule has 0 unspecified atom stereocenters. The molecule has 4 aromatic rings. The number of anilines is 1. The normalized spacial score (nSPS) is 21.4. The number of fused-ring (bicyclic) bond motifs is 3. The van der Waals surface area contributed by atoms with Gasteiger partial charge >= 0.3 is 0 Å². The Morgan fingerprint density at radius 2 is 1.55 bits per heavy atom. The van der Waals surface area contributed by atoms with Crippen LogP contribution in [0.2, 0.25) is 0 Å². The fourth-order valence-corrected chi connectivity index (χ4v) is 8.89. The largest absolute Gasteiger partial charge is 0.373 e. The third kappa shape index (κ3) is 4.15. The molecule has 1 aromatic heterocycles. The van der Waals surface area contributed by atoms with Gasteiger partial charge in [0.1, 0.15) is 5.82 Å². The highest BCUT2D eigenvalue weighted by molar-refractivity contribution is 7.90. The standard InChI is InChI=1S/C30H32FN3O4S2/c1-32(2)39(35,36)23-9-11-24(12-10-23)40(37,38)34-19-26(25-6-4-5-7-28(25)34)21-14-16-30(17-15-21)20-33(3)29-18-22(31)8-13-27(29)30/h4-13,18-19,21H,14-17,20H2,1-3H3. The molecule has 1 aliphatic heterocycles. The monoisotopic (exact) mass is 581 g/mol. The summed E-state index contributed by atoms with van der Waals surface area (Å²) in [5.41, 5.74) is 3.76. The molecule has 0 saturated heterocycles. The van der Waals surface area contributed by atoms with E-state index in [2.05, 4.69) is 4.90 Å². The zero-order valence-electron chi connectivity index (χ0n) is 22.7. The van der Waals surface area contributed by atoms with Gasteiger partial charge in [-0.3, -0.25) is 0 Å². The molecule has 2 heterocycles.